The molecule has 1 aromatic carbocycles. The number of carbonyl (C=O) groups excluding carboxylic acids is 1. The fourth-order valence-corrected chi connectivity index (χ4v) is 3.24. The summed E-state index contributed by atoms with van der Waals surface area (Å²) in [6.07, 6.45) is 0. The largest absolute Gasteiger partial charge is 0.463 e. The van der Waals surface area contributed by atoms with E-state index < -0.39 is 17.7 Å². The average molecular weight is 395 g/mol. The van der Waals surface area contributed by atoms with Gasteiger partial charge in [-0.15, -0.1) is 0 Å². The third-order valence-corrected chi connectivity index (χ3v) is 4.26. The Morgan fingerprint density at radius 1 is 1.54 bits per heavy atom. The first kappa shape index (κ1) is 18.0. The van der Waals surface area contributed by atoms with Gasteiger partial charge >= 0.3 is 5.97 Å². The molecule has 0 aliphatic carbocycles. The Bertz CT molecular complexity index is 781. The molecule has 1 atom stereocenters. The van der Waals surface area contributed by atoms with Crippen LogP contribution in [-0.4, -0.2) is 12.6 Å². The van der Waals surface area contributed by atoms with Crippen molar-refractivity contribution in [1.29, 1.82) is 5.26 Å². The highest BCUT2D eigenvalue weighted by Crippen LogP contribution is 2.41. The predicted molar refractivity (Wildman–Crippen MR) is 89.0 cm³/mol. The molecular weight excluding hydrogens is 379 g/mol. The van der Waals surface area contributed by atoms with E-state index in [0.717, 1.165) is 0 Å². The van der Waals surface area contributed by atoms with Gasteiger partial charge in [0, 0.05) is 10.9 Å². The smallest absolute Gasteiger partial charge is 0.338 e. The van der Waals surface area contributed by atoms with Gasteiger partial charge in [-0.25, -0.2) is 9.18 Å². The second kappa shape index (κ2) is 7.49. The number of alkyl halides is 1. The molecule has 7 heteroatoms. The first-order valence-corrected chi connectivity index (χ1v) is 8.37. The Labute approximate surface area is 147 Å². The summed E-state index contributed by atoms with van der Waals surface area (Å²) in [7, 11) is 0. The molecule has 24 heavy (non-hydrogen) atoms. The van der Waals surface area contributed by atoms with Gasteiger partial charge in [-0.2, -0.15) is 5.26 Å². The lowest BCUT2D eigenvalue weighted by molar-refractivity contribution is -0.139. The Morgan fingerprint density at radius 2 is 2.25 bits per heavy atom. The Morgan fingerprint density at radius 3 is 2.83 bits per heavy atom. The molecule has 0 saturated heterocycles. The fourth-order valence-electron chi connectivity index (χ4n) is 2.65. The number of benzene rings is 1. The zero-order chi connectivity index (χ0) is 17.9. The summed E-state index contributed by atoms with van der Waals surface area (Å²) in [4.78, 5) is 12.4. The summed E-state index contributed by atoms with van der Waals surface area (Å²) in [5.41, 5.74) is 6.83. The van der Waals surface area contributed by atoms with E-state index >= 15 is 0 Å². The molecule has 2 rings (SSSR count). The van der Waals surface area contributed by atoms with Crippen LogP contribution < -0.4 is 5.73 Å². The van der Waals surface area contributed by atoms with Crippen molar-refractivity contribution in [2.24, 2.45) is 5.73 Å². The van der Waals surface area contributed by atoms with Crippen molar-refractivity contribution < 1.29 is 18.7 Å². The van der Waals surface area contributed by atoms with E-state index in [1.807, 2.05) is 6.07 Å². The van der Waals surface area contributed by atoms with E-state index in [4.69, 9.17) is 15.2 Å². The Kier molecular flexibility index (Phi) is 5.62. The maximum Gasteiger partial charge on any atom is 0.338 e. The topological polar surface area (TPSA) is 85.3 Å². The number of halogens is 2. The number of ether oxygens (including phenoxy) is 2. The first-order chi connectivity index (χ1) is 11.5. The van der Waals surface area contributed by atoms with E-state index in [-0.39, 0.29) is 34.7 Å². The summed E-state index contributed by atoms with van der Waals surface area (Å²) < 4.78 is 24.6. The van der Waals surface area contributed by atoms with Gasteiger partial charge in [0.15, 0.2) is 0 Å². The number of allylic oxidation sites excluding steroid dienone is 2. The molecule has 126 valence electrons. The SMILES string of the molecule is CCOC(=O)C1=C(C)OC(N)=C(C#N)C1c1cccc(F)c1CBr. The van der Waals surface area contributed by atoms with Gasteiger partial charge in [0.1, 0.15) is 23.2 Å². The highest BCUT2D eigenvalue weighted by atomic mass is 79.9. The number of nitrogens with two attached hydrogens (primary N) is 1. The van der Waals surface area contributed by atoms with Crippen molar-refractivity contribution in [2.45, 2.75) is 25.1 Å². The third-order valence-electron chi connectivity index (χ3n) is 3.70. The van der Waals surface area contributed by atoms with Crippen molar-refractivity contribution in [3.05, 3.63) is 57.9 Å². The Balaban J connectivity index is 2.72. The van der Waals surface area contributed by atoms with Crippen molar-refractivity contribution >= 4 is 21.9 Å². The first-order valence-electron chi connectivity index (χ1n) is 7.24. The van der Waals surface area contributed by atoms with Gasteiger partial charge in [-0.3, -0.25) is 0 Å². The number of nitriles is 1. The molecule has 0 amide bonds. The summed E-state index contributed by atoms with van der Waals surface area (Å²) in [6.45, 7) is 3.40. The lowest BCUT2D eigenvalue weighted by atomic mass is 9.81. The molecule has 2 N–H and O–H groups in total. The van der Waals surface area contributed by atoms with Gasteiger partial charge < -0.3 is 15.2 Å². The van der Waals surface area contributed by atoms with Crippen LogP contribution in [0.4, 0.5) is 4.39 Å². The maximum atomic E-state index is 14.2. The second-order valence-corrected chi connectivity index (χ2v) is 5.62. The lowest BCUT2D eigenvalue weighted by Gasteiger charge is -2.28. The summed E-state index contributed by atoms with van der Waals surface area (Å²) in [5, 5.41) is 9.72. The van der Waals surface area contributed by atoms with Crippen LogP contribution in [0, 0.1) is 17.1 Å². The normalized spacial score (nSPS) is 17.4. The predicted octanol–water partition coefficient (Wildman–Crippen LogP) is 3.37. The van der Waals surface area contributed by atoms with Gasteiger partial charge in [0.05, 0.1) is 18.1 Å². The molecule has 0 saturated carbocycles. The molecule has 0 aromatic heterocycles. The molecular formula is C17H16BrFN2O3. The molecule has 1 aliphatic rings. The van der Waals surface area contributed by atoms with E-state index in [9.17, 15) is 14.4 Å². The number of esters is 1. The van der Waals surface area contributed by atoms with Crippen molar-refractivity contribution in [2.75, 3.05) is 6.61 Å². The second-order valence-electron chi connectivity index (χ2n) is 5.06. The zero-order valence-electron chi connectivity index (χ0n) is 13.2. The van der Waals surface area contributed by atoms with Crippen molar-refractivity contribution in [1.82, 2.24) is 0 Å². The number of carbonyl (C=O) groups is 1. The minimum absolute atomic E-state index is 0.0523. The molecule has 0 bridgehead atoms. The third kappa shape index (κ3) is 3.15. The van der Waals surface area contributed by atoms with E-state index in [0.29, 0.717) is 11.1 Å². The maximum absolute atomic E-state index is 14.2. The van der Waals surface area contributed by atoms with Crippen molar-refractivity contribution in [3.8, 4) is 6.07 Å². The highest BCUT2D eigenvalue weighted by molar-refractivity contribution is 9.08. The van der Waals surface area contributed by atoms with Gasteiger partial charge in [-0.1, -0.05) is 28.1 Å². The monoisotopic (exact) mass is 394 g/mol. The van der Waals surface area contributed by atoms with E-state index in [1.165, 1.54) is 12.1 Å². The van der Waals surface area contributed by atoms with Crippen LogP contribution >= 0.6 is 15.9 Å². The van der Waals surface area contributed by atoms with Crippen LogP contribution in [0.1, 0.15) is 30.9 Å². The summed E-state index contributed by atoms with van der Waals surface area (Å²) >= 11 is 3.25. The molecule has 5 nitrogen and oxygen atoms in total. The summed E-state index contributed by atoms with van der Waals surface area (Å²) in [5.74, 6) is -1.76. The molecule has 0 fully saturated rings. The van der Waals surface area contributed by atoms with Crippen molar-refractivity contribution in [3.63, 3.8) is 0 Å². The standard InChI is InChI=1S/C17H16BrFN2O3/c1-3-23-17(22)14-9(2)24-16(21)12(8-20)15(14)10-5-4-6-13(19)11(10)7-18/h4-6,15H,3,7,21H2,1-2H3. The molecule has 1 heterocycles. The summed E-state index contributed by atoms with van der Waals surface area (Å²) in [6, 6.07) is 6.47. The van der Waals surface area contributed by atoms with Crippen LogP contribution in [0.2, 0.25) is 0 Å². The number of hydrogen-bond donors (Lipinski definition) is 1. The highest BCUT2D eigenvalue weighted by Gasteiger charge is 2.37. The van der Waals surface area contributed by atoms with Crippen LogP contribution in [0.3, 0.4) is 0 Å². The molecule has 1 aromatic rings. The molecule has 0 spiro atoms. The zero-order valence-corrected chi connectivity index (χ0v) is 14.8. The quantitative estimate of drug-likeness (QED) is 0.624. The minimum atomic E-state index is -0.842. The Hall–Kier alpha value is -2.33. The lowest BCUT2D eigenvalue weighted by Crippen LogP contribution is -2.26. The van der Waals surface area contributed by atoms with Crippen LogP contribution in [0.15, 0.2) is 41.0 Å². The van der Waals surface area contributed by atoms with Crippen LogP contribution in [-0.2, 0) is 19.6 Å². The van der Waals surface area contributed by atoms with Gasteiger partial charge in [-0.05, 0) is 25.5 Å². The molecule has 1 aliphatic heterocycles. The molecule has 1 unspecified atom stereocenters. The number of nitrogens with zero attached hydrogens (tertiary/aromatic N) is 1. The molecule has 0 radical (unpaired) electrons. The van der Waals surface area contributed by atoms with Gasteiger partial charge in [0.25, 0.3) is 0 Å². The fraction of sp³-hybridized carbons (Fsp3) is 0.294. The number of hydrogen-bond acceptors (Lipinski definition) is 5. The van der Waals surface area contributed by atoms with E-state index in [1.54, 1.807) is 19.9 Å². The van der Waals surface area contributed by atoms with Gasteiger partial charge in [0.2, 0.25) is 5.88 Å². The van der Waals surface area contributed by atoms with E-state index in [2.05, 4.69) is 15.9 Å². The number of rotatable bonds is 4. The minimum Gasteiger partial charge on any atom is -0.463 e. The van der Waals surface area contributed by atoms with Crippen LogP contribution in [0.25, 0.3) is 0 Å². The average Bonchev–Trinajstić information content (AvgIpc) is 2.54. The van der Waals surface area contributed by atoms with Crippen LogP contribution in [0.5, 0.6) is 0 Å².